The van der Waals surface area contributed by atoms with E-state index in [0.29, 0.717) is 63.7 Å². The fourth-order valence-electron chi connectivity index (χ4n) is 6.37. The summed E-state index contributed by atoms with van der Waals surface area (Å²) in [6.07, 6.45) is -0.400. The van der Waals surface area contributed by atoms with Gasteiger partial charge in [-0.05, 0) is 36.2 Å². The van der Waals surface area contributed by atoms with Gasteiger partial charge in [0.25, 0.3) is 5.97 Å². The van der Waals surface area contributed by atoms with Crippen molar-refractivity contribution in [2.75, 3.05) is 99.2 Å². The third-order valence-corrected chi connectivity index (χ3v) is 11.2. The lowest BCUT2D eigenvalue weighted by Crippen LogP contribution is -2.37. The molecule has 7 heterocycles. The number of imide groups is 3. The molecule has 0 aliphatic carbocycles. The molecule has 9 amide bonds. The molecule has 0 spiro atoms. The predicted octanol–water partition coefficient (Wildman–Crippen LogP) is 8.78. The summed E-state index contributed by atoms with van der Waals surface area (Å²) in [5, 5.41) is 38.4. The highest BCUT2D eigenvalue weighted by molar-refractivity contribution is 6.03. The molecule has 570 valence electrons. The van der Waals surface area contributed by atoms with Gasteiger partial charge in [-0.1, -0.05) is 167 Å². The first-order valence-corrected chi connectivity index (χ1v) is 29.8. The molecule has 6 unspecified atom stereocenters. The number of carboxylic acid groups (broad SMARTS) is 1. The largest absolute Gasteiger partial charge is 0.481 e. The standard InChI is InChI=1S/C14H16N2O5.C10H10O3.C9H12N2O4.C7H8O2.C6H12O3.C5H8O3.C3H4N2O2.C2H4O2.3C2H6.7CH4/c1-15-12(18)8-16(14(15)20)7-11(17)9-21-13(19)10-5-3-2-4-6-10;11-10(13-7-9-6-12-9)8-4-2-1-3-5-8;12-8-3-10(1-6-4-14-6)9(13)11(8)2-7-5-15-7;8-9-6-7-4-2-1-3-5-7;1-3-6(8)4-9-5(2)7;1-4(6)7-2-5-3-8-5;6-2-1-4-3(7)5-2;1-2(3)4;3*1-2;;;;;;;/h2-6,11,17H,7-9H2,1H3;1-5,9H,6-7H2;6-7H,1-5H2;1-5,8H,6H2;6,8H,3-4H2,1-2H3;5H,2-3H2,1H3;1H2,(H2,4,5,6,7);1H3,(H,3,4);3*1-2H3;7*1H4. The molecule has 99 heavy (non-hydrogen) atoms. The van der Waals surface area contributed by atoms with Crippen molar-refractivity contribution >= 4 is 65.7 Å². The maximum absolute atomic E-state index is 11.8. The average Bonchev–Trinajstić information content (AvgIpc) is 1.67. The summed E-state index contributed by atoms with van der Waals surface area (Å²) in [4.78, 5) is 127. The van der Waals surface area contributed by atoms with E-state index >= 15 is 0 Å². The van der Waals surface area contributed by atoms with Crippen LogP contribution >= 0.6 is 0 Å². The Morgan fingerprint density at radius 2 is 0.939 bits per heavy atom. The molecule has 10 rings (SSSR count). The van der Waals surface area contributed by atoms with Crippen molar-refractivity contribution in [2.24, 2.45) is 0 Å². The normalized spacial score (nSPS) is 16.9. The molecule has 6 atom stereocenters. The number of carboxylic acids is 1. The van der Waals surface area contributed by atoms with Crippen LogP contribution in [0.4, 0.5) is 14.4 Å². The van der Waals surface area contributed by atoms with Crippen molar-refractivity contribution in [3.05, 3.63) is 108 Å². The lowest BCUT2D eigenvalue weighted by Gasteiger charge is -2.18. The number of likely N-dealkylation sites (N-methyl/N-ethyl adjacent to an activating group) is 1. The fraction of sp³-hybridized carbons (Fsp3) is 0.580. The van der Waals surface area contributed by atoms with Gasteiger partial charge in [0.15, 0.2) is 0 Å². The zero-order valence-corrected chi connectivity index (χ0v) is 54.2. The number of esters is 4. The highest BCUT2D eigenvalue weighted by atomic mass is 17.1. The maximum atomic E-state index is 11.8. The van der Waals surface area contributed by atoms with Crippen molar-refractivity contribution in [2.45, 2.75) is 171 Å². The predicted molar refractivity (Wildman–Crippen MR) is 376 cm³/mol. The number of aliphatic hydroxyl groups is 2. The molecular weight excluding hydrogens is 1300 g/mol. The monoisotopic (exact) mass is 1420 g/mol. The van der Waals surface area contributed by atoms with Crippen LogP contribution in [0.1, 0.15) is 154 Å². The Balaban J connectivity index is -0.000000161. The Hall–Kier alpha value is -8.49. The quantitative estimate of drug-likeness (QED) is 0.0163. The third kappa shape index (κ3) is 53.2. The number of epoxide rings is 4. The first-order valence-electron chi connectivity index (χ1n) is 29.8. The zero-order valence-electron chi connectivity index (χ0n) is 54.2. The number of aliphatic carboxylic acids is 1. The van der Waals surface area contributed by atoms with Crippen LogP contribution in [0.5, 0.6) is 0 Å². The number of carbonyl (C=O) groups excluding carboxylic acids is 10. The minimum Gasteiger partial charge on any atom is -0.481 e. The Morgan fingerprint density at radius 1 is 0.545 bits per heavy atom. The van der Waals surface area contributed by atoms with Gasteiger partial charge in [0.2, 0.25) is 17.7 Å². The van der Waals surface area contributed by atoms with Crippen LogP contribution in [0.3, 0.4) is 0 Å². The van der Waals surface area contributed by atoms with Crippen LogP contribution in [-0.2, 0) is 78.2 Å². The molecule has 7 fully saturated rings. The van der Waals surface area contributed by atoms with Gasteiger partial charge in [-0.3, -0.25) is 49.1 Å². The molecular formula is C69H120N6O24. The minimum atomic E-state index is -1.04. The molecule has 7 aliphatic heterocycles. The number of amides is 9. The summed E-state index contributed by atoms with van der Waals surface area (Å²) in [5.74, 6) is -2.95. The molecule has 6 N–H and O–H groups in total. The zero-order chi connectivity index (χ0) is 69.6. The van der Waals surface area contributed by atoms with Gasteiger partial charge >= 0.3 is 42.0 Å². The smallest absolute Gasteiger partial charge is 0.338 e. The number of hydrogen-bond acceptors (Lipinski definition) is 23. The Bertz CT molecular complexity index is 2630. The van der Waals surface area contributed by atoms with E-state index < -0.39 is 36.2 Å². The summed E-state index contributed by atoms with van der Waals surface area (Å²) < 4.78 is 38.8. The number of benzene rings is 3. The topological polar surface area (TPSA) is 402 Å². The molecule has 0 aromatic heterocycles. The number of urea groups is 3. The molecule has 0 saturated carbocycles. The summed E-state index contributed by atoms with van der Waals surface area (Å²) >= 11 is 0. The number of rotatable bonds is 19. The highest BCUT2D eigenvalue weighted by Crippen LogP contribution is 2.20. The second kappa shape index (κ2) is 63.0. The lowest BCUT2D eigenvalue weighted by atomic mass is 10.2. The fourth-order valence-corrected chi connectivity index (χ4v) is 6.37. The Morgan fingerprint density at radius 3 is 1.29 bits per heavy atom. The van der Waals surface area contributed by atoms with E-state index in [0.717, 1.165) is 24.0 Å². The van der Waals surface area contributed by atoms with Crippen molar-refractivity contribution in [3.63, 3.8) is 0 Å². The van der Waals surface area contributed by atoms with E-state index in [-0.39, 0.29) is 164 Å². The molecule has 7 saturated heterocycles. The van der Waals surface area contributed by atoms with Gasteiger partial charge in [0.1, 0.15) is 64.4 Å². The van der Waals surface area contributed by atoms with Gasteiger partial charge in [-0.25, -0.2) is 28.9 Å². The second-order valence-electron chi connectivity index (χ2n) is 18.9. The van der Waals surface area contributed by atoms with E-state index in [9.17, 15) is 53.1 Å². The first-order chi connectivity index (χ1) is 44.0. The van der Waals surface area contributed by atoms with Gasteiger partial charge in [0.05, 0.1) is 82.0 Å². The summed E-state index contributed by atoms with van der Waals surface area (Å²) in [7, 11) is 1.38. The van der Waals surface area contributed by atoms with E-state index in [4.69, 9.17) is 48.7 Å². The molecule has 30 heteroatoms. The Kier molecular flexibility index (Phi) is 67.8. The van der Waals surface area contributed by atoms with Crippen LogP contribution in [0.15, 0.2) is 91.0 Å². The van der Waals surface area contributed by atoms with Crippen molar-refractivity contribution in [1.82, 2.24) is 30.2 Å². The summed E-state index contributed by atoms with van der Waals surface area (Å²) in [6.45, 7) is 22.5. The van der Waals surface area contributed by atoms with Crippen LogP contribution < -0.4 is 10.6 Å². The Labute approximate surface area is 587 Å². The van der Waals surface area contributed by atoms with Gasteiger partial charge in [-0.15, -0.1) is 0 Å². The lowest BCUT2D eigenvalue weighted by molar-refractivity contribution is -0.253. The number of ether oxygens (including phenoxy) is 8. The summed E-state index contributed by atoms with van der Waals surface area (Å²) in [5.41, 5.74) is 1.94. The van der Waals surface area contributed by atoms with Gasteiger partial charge in [-0.2, -0.15) is 0 Å². The average molecular weight is 1420 g/mol. The van der Waals surface area contributed by atoms with Crippen molar-refractivity contribution in [3.8, 4) is 0 Å². The van der Waals surface area contributed by atoms with Crippen LogP contribution in [0, 0.1) is 0 Å². The minimum absolute atomic E-state index is 0. The third-order valence-electron chi connectivity index (χ3n) is 11.2. The molecule has 0 radical (unpaired) electrons. The van der Waals surface area contributed by atoms with Gasteiger partial charge in [0, 0.05) is 27.8 Å². The van der Waals surface area contributed by atoms with Crippen LogP contribution in [0.25, 0.3) is 0 Å². The number of hydrogen-bond donors (Lipinski definition) is 6. The van der Waals surface area contributed by atoms with E-state index in [1.165, 1.54) is 30.7 Å². The number of carbonyl (C=O) groups is 11. The van der Waals surface area contributed by atoms with E-state index in [2.05, 4.69) is 19.7 Å². The molecule has 30 nitrogen and oxygen atoms in total. The van der Waals surface area contributed by atoms with Gasteiger partial charge < -0.3 is 68.3 Å². The SMILES string of the molecule is C.C.C.C.C.C.C.CC.CC.CC.CC(=O)O.CC(=O)OCC1CO1.CCC(O)COC(C)=O.CN1C(=O)CN(CC(O)COC(=O)c2ccccc2)C1=O.O=C(OCC1CO1)c1ccccc1.O=C1CN(CC2CO2)C(=O)N1CC1CO1.O=C1CNC(=O)N1.OOCc1ccccc1. The van der Waals surface area contributed by atoms with Crippen molar-refractivity contribution < 1.29 is 116 Å². The first kappa shape index (κ1) is 107. The number of nitrogens with one attached hydrogen (secondary N) is 2. The number of aliphatic hydroxyl groups excluding tert-OH is 2. The molecule has 7 aliphatic rings. The molecule has 0 bridgehead atoms. The van der Waals surface area contributed by atoms with Crippen molar-refractivity contribution in [1.29, 1.82) is 0 Å². The summed E-state index contributed by atoms with van der Waals surface area (Å²) in [6, 6.07) is 25.8. The van der Waals surface area contributed by atoms with Crippen LogP contribution in [0.2, 0.25) is 0 Å². The maximum Gasteiger partial charge on any atom is 0.338 e. The molecule has 3 aromatic rings. The highest BCUT2D eigenvalue weighted by Gasteiger charge is 2.42. The van der Waals surface area contributed by atoms with E-state index in [1.54, 1.807) is 47.4 Å². The number of nitrogens with zero attached hydrogens (tertiary/aromatic N) is 4. The number of β-amino-alcohol motifs (C(OH)–C–C–N with tert-alkyl or cyclic N) is 1. The molecule has 3 aromatic carbocycles. The van der Waals surface area contributed by atoms with Crippen LogP contribution in [-0.4, -0.2) is 242 Å². The van der Waals surface area contributed by atoms with E-state index in [1.807, 2.05) is 102 Å². The second-order valence-corrected chi connectivity index (χ2v) is 18.9.